The van der Waals surface area contributed by atoms with E-state index in [2.05, 4.69) is 15.5 Å². The zero-order valence-electron chi connectivity index (χ0n) is 12.2. The van der Waals surface area contributed by atoms with Crippen LogP contribution in [0.4, 0.5) is 4.79 Å². The van der Waals surface area contributed by atoms with Crippen molar-refractivity contribution in [2.24, 2.45) is 5.41 Å². The largest absolute Gasteiger partial charge is 0.481 e. The number of rotatable bonds is 4. The SMILES string of the molecule is CN1CCC(NC(=O)NC(CC(=O)O)C(C)(C)C)C1. The maximum atomic E-state index is 11.9. The van der Waals surface area contributed by atoms with Crippen molar-refractivity contribution >= 4 is 12.0 Å². The number of likely N-dealkylation sites (tertiary alicyclic amines) is 1. The molecule has 0 radical (unpaired) electrons. The van der Waals surface area contributed by atoms with E-state index in [1.54, 1.807) is 0 Å². The zero-order valence-corrected chi connectivity index (χ0v) is 12.2. The number of nitrogens with zero attached hydrogens (tertiary/aromatic N) is 1. The zero-order chi connectivity index (χ0) is 14.6. The van der Waals surface area contributed by atoms with Crippen molar-refractivity contribution in [2.75, 3.05) is 20.1 Å². The molecule has 1 aliphatic rings. The molecule has 0 aromatic heterocycles. The Morgan fingerprint density at radius 1 is 1.42 bits per heavy atom. The lowest BCUT2D eigenvalue weighted by atomic mass is 9.85. The molecule has 0 spiro atoms. The molecular formula is C13H25N3O3. The molecule has 1 heterocycles. The van der Waals surface area contributed by atoms with E-state index in [1.807, 2.05) is 27.8 Å². The molecule has 0 aromatic rings. The highest BCUT2D eigenvalue weighted by Gasteiger charge is 2.29. The first kappa shape index (κ1) is 15.8. The van der Waals surface area contributed by atoms with Gasteiger partial charge in [0.1, 0.15) is 0 Å². The van der Waals surface area contributed by atoms with Gasteiger partial charge in [-0.05, 0) is 25.4 Å². The van der Waals surface area contributed by atoms with Crippen molar-refractivity contribution in [2.45, 2.75) is 45.7 Å². The standard InChI is InChI=1S/C13H25N3O3/c1-13(2,3)10(7-11(17)18)15-12(19)14-9-5-6-16(4)8-9/h9-10H,5-8H2,1-4H3,(H,17,18)(H2,14,15,19). The molecule has 6 heteroatoms. The maximum absolute atomic E-state index is 11.9. The van der Waals surface area contributed by atoms with E-state index in [4.69, 9.17) is 5.11 Å². The number of nitrogens with one attached hydrogen (secondary N) is 2. The summed E-state index contributed by atoms with van der Waals surface area (Å²) in [6.45, 7) is 7.58. The minimum Gasteiger partial charge on any atom is -0.481 e. The van der Waals surface area contributed by atoms with Crippen LogP contribution in [0.2, 0.25) is 0 Å². The third kappa shape index (κ3) is 5.46. The number of carboxylic acids is 1. The molecule has 1 aliphatic heterocycles. The second-order valence-electron chi connectivity index (χ2n) is 6.38. The van der Waals surface area contributed by atoms with Gasteiger partial charge in [-0.2, -0.15) is 0 Å². The topological polar surface area (TPSA) is 81.7 Å². The van der Waals surface area contributed by atoms with Crippen LogP contribution in [-0.4, -0.2) is 54.2 Å². The molecule has 0 saturated carbocycles. The number of carboxylic acid groups (broad SMARTS) is 1. The van der Waals surface area contributed by atoms with Gasteiger partial charge in [-0.3, -0.25) is 4.79 Å². The lowest BCUT2D eigenvalue weighted by Gasteiger charge is -2.30. The lowest BCUT2D eigenvalue weighted by Crippen LogP contribution is -2.51. The van der Waals surface area contributed by atoms with Crippen molar-refractivity contribution in [1.29, 1.82) is 0 Å². The summed E-state index contributed by atoms with van der Waals surface area (Å²) in [4.78, 5) is 24.9. The molecule has 2 atom stereocenters. The fourth-order valence-corrected chi connectivity index (χ4v) is 2.19. The Morgan fingerprint density at radius 3 is 2.47 bits per heavy atom. The van der Waals surface area contributed by atoms with Crippen molar-refractivity contribution in [1.82, 2.24) is 15.5 Å². The van der Waals surface area contributed by atoms with Crippen molar-refractivity contribution in [3.8, 4) is 0 Å². The third-order valence-corrected chi connectivity index (χ3v) is 3.46. The average molecular weight is 271 g/mol. The number of aliphatic carboxylic acids is 1. The van der Waals surface area contributed by atoms with Crippen molar-refractivity contribution < 1.29 is 14.7 Å². The van der Waals surface area contributed by atoms with Gasteiger partial charge in [0.05, 0.1) is 6.42 Å². The summed E-state index contributed by atoms with van der Waals surface area (Å²) in [5.41, 5.74) is -0.289. The van der Waals surface area contributed by atoms with Gasteiger partial charge in [-0.15, -0.1) is 0 Å². The number of likely N-dealkylation sites (N-methyl/N-ethyl adjacent to an activating group) is 1. The molecule has 0 aliphatic carbocycles. The molecule has 2 unspecified atom stereocenters. The van der Waals surface area contributed by atoms with Crippen LogP contribution in [0.15, 0.2) is 0 Å². The van der Waals surface area contributed by atoms with E-state index >= 15 is 0 Å². The molecule has 1 fully saturated rings. The Balaban J connectivity index is 2.49. The number of carbonyl (C=O) groups excluding carboxylic acids is 1. The van der Waals surface area contributed by atoms with Crippen LogP contribution in [0.1, 0.15) is 33.6 Å². The predicted molar refractivity (Wildman–Crippen MR) is 73.1 cm³/mol. The lowest BCUT2D eigenvalue weighted by molar-refractivity contribution is -0.138. The Morgan fingerprint density at radius 2 is 2.05 bits per heavy atom. The highest BCUT2D eigenvalue weighted by Crippen LogP contribution is 2.21. The number of hydrogen-bond donors (Lipinski definition) is 3. The Kier molecular flexibility index (Phi) is 5.17. The van der Waals surface area contributed by atoms with E-state index in [9.17, 15) is 9.59 Å². The monoisotopic (exact) mass is 271 g/mol. The molecule has 110 valence electrons. The first-order valence-electron chi connectivity index (χ1n) is 6.66. The van der Waals surface area contributed by atoms with Crippen LogP contribution >= 0.6 is 0 Å². The summed E-state index contributed by atoms with van der Waals surface area (Å²) >= 11 is 0. The van der Waals surface area contributed by atoms with Crippen LogP contribution in [0.5, 0.6) is 0 Å². The van der Waals surface area contributed by atoms with E-state index < -0.39 is 5.97 Å². The molecule has 2 amide bonds. The van der Waals surface area contributed by atoms with Gasteiger partial charge in [0.15, 0.2) is 0 Å². The van der Waals surface area contributed by atoms with Gasteiger partial charge in [-0.25, -0.2) is 4.79 Å². The van der Waals surface area contributed by atoms with Crippen LogP contribution in [0, 0.1) is 5.41 Å². The highest BCUT2D eigenvalue weighted by atomic mass is 16.4. The van der Waals surface area contributed by atoms with Crippen LogP contribution < -0.4 is 10.6 Å². The summed E-state index contributed by atoms with van der Waals surface area (Å²) in [5.74, 6) is -0.902. The van der Waals surface area contributed by atoms with Crippen molar-refractivity contribution in [3.63, 3.8) is 0 Å². The first-order chi connectivity index (χ1) is 8.68. The van der Waals surface area contributed by atoms with Crippen LogP contribution in [0.3, 0.4) is 0 Å². The number of urea groups is 1. The Hall–Kier alpha value is -1.30. The molecule has 6 nitrogen and oxygen atoms in total. The molecule has 0 aromatic carbocycles. The quantitative estimate of drug-likeness (QED) is 0.709. The minimum absolute atomic E-state index is 0.0680. The van der Waals surface area contributed by atoms with Gasteiger partial charge in [0.2, 0.25) is 0 Å². The normalized spacial score (nSPS) is 22.0. The smallest absolute Gasteiger partial charge is 0.315 e. The average Bonchev–Trinajstić information content (AvgIpc) is 2.60. The fourth-order valence-electron chi connectivity index (χ4n) is 2.19. The van der Waals surface area contributed by atoms with Crippen molar-refractivity contribution in [3.05, 3.63) is 0 Å². The Labute approximate surface area is 114 Å². The first-order valence-corrected chi connectivity index (χ1v) is 6.66. The summed E-state index contributed by atoms with van der Waals surface area (Å²) in [5, 5.41) is 14.6. The van der Waals surface area contributed by atoms with E-state index in [-0.39, 0.29) is 30.0 Å². The Bertz CT molecular complexity index is 339. The van der Waals surface area contributed by atoms with Gasteiger partial charge < -0.3 is 20.6 Å². The second-order valence-corrected chi connectivity index (χ2v) is 6.38. The van der Waals surface area contributed by atoms with Gasteiger partial charge in [0.25, 0.3) is 0 Å². The van der Waals surface area contributed by atoms with Gasteiger partial charge >= 0.3 is 12.0 Å². The maximum Gasteiger partial charge on any atom is 0.315 e. The second kappa shape index (κ2) is 6.23. The summed E-state index contributed by atoms with van der Waals surface area (Å²) in [6, 6.07) is -0.513. The van der Waals surface area contributed by atoms with Crippen LogP contribution in [-0.2, 0) is 4.79 Å². The van der Waals surface area contributed by atoms with Gasteiger partial charge in [0, 0.05) is 18.6 Å². The fraction of sp³-hybridized carbons (Fsp3) is 0.846. The number of hydrogen-bond acceptors (Lipinski definition) is 3. The summed E-state index contributed by atoms with van der Waals surface area (Å²) in [7, 11) is 2.02. The number of amides is 2. The summed E-state index contributed by atoms with van der Waals surface area (Å²) in [6.07, 6.45) is 0.866. The minimum atomic E-state index is -0.902. The van der Waals surface area contributed by atoms with E-state index in [1.165, 1.54) is 0 Å². The summed E-state index contributed by atoms with van der Waals surface area (Å²) < 4.78 is 0. The van der Waals surface area contributed by atoms with Gasteiger partial charge in [-0.1, -0.05) is 20.8 Å². The molecule has 1 saturated heterocycles. The van der Waals surface area contributed by atoms with Crippen LogP contribution in [0.25, 0.3) is 0 Å². The molecule has 0 bridgehead atoms. The molecule has 19 heavy (non-hydrogen) atoms. The molecule has 1 rings (SSSR count). The third-order valence-electron chi connectivity index (χ3n) is 3.46. The molecular weight excluding hydrogens is 246 g/mol. The van der Waals surface area contributed by atoms with E-state index in [0.29, 0.717) is 0 Å². The van der Waals surface area contributed by atoms with E-state index in [0.717, 1.165) is 19.5 Å². The molecule has 3 N–H and O–H groups in total. The predicted octanol–water partition coefficient (Wildman–Crippen LogP) is 0.879. The number of carbonyl (C=O) groups is 2. The highest BCUT2D eigenvalue weighted by molar-refractivity contribution is 5.76.